The second-order valence-corrected chi connectivity index (χ2v) is 19.0. The molecule has 0 saturated carbocycles. The normalized spacial score (nSPS) is 22.0. The highest BCUT2D eigenvalue weighted by molar-refractivity contribution is 6.77. The molecule has 5 atom stereocenters. The molecule has 1 saturated heterocycles. The van der Waals surface area contributed by atoms with Gasteiger partial charge < -0.3 is 29.3 Å². The van der Waals surface area contributed by atoms with Crippen LogP contribution in [0.15, 0.2) is 48.5 Å². The molecule has 3 rings (SSSR count). The Morgan fingerprint density at radius 1 is 0.896 bits per heavy atom. The van der Waals surface area contributed by atoms with Crippen molar-refractivity contribution in [2.24, 2.45) is 5.92 Å². The monoisotopic (exact) mass is 682 g/mol. The molecule has 2 aromatic rings. The van der Waals surface area contributed by atoms with Gasteiger partial charge in [-0.15, -0.1) is 0 Å². The van der Waals surface area contributed by atoms with Crippen LogP contribution in [0.2, 0.25) is 16.6 Å². The maximum absolute atomic E-state index is 14.0. The van der Waals surface area contributed by atoms with Crippen LogP contribution < -0.4 is 15.4 Å². The first kappa shape index (κ1) is 38.7. The van der Waals surface area contributed by atoms with Crippen molar-refractivity contribution in [2.45, 2.75) is 129 Å². The highest BCUT2D eigenvalue weighted by atomic mass is 28.4. The predicted molar refractivity (Wildman–Crippen MR) is 188 cm³/mol. The minimum absolute atomic E-state index is 0.0839. The molecule has 0 bridgehead atoms. The number of anilines is 1. The third-order valence-electron chi connectivity index (χ3n) is 9.39. The lowest BCUT2D eigenvalue weighted by atomic mass is 9.93. The largest absolute Gasteiger partial charge is 0.486 e. The van der Waals surface area contributed by atoms with Gasteiger partial charge in [0.1, 0.15) is 18.8 Å². The number of cyclic esters (lactones) is 2. The van der Waals surface area contributed by atoms with Gasteiger partial charge in [-0.1, -0.05) is 97.7 Å². The SMILES string of the molecule is CCCC[C@H]1C(=O)O[C@H](C)[C@H](NC(=O)c2cccc(NC=O)c2OCc2ccccc2)C(=O)O[C@@H](C)[C@@H]1O[Si](C(C)C)(C(C)C)C(C)C. The number of hydrogen-bond acceptors (Lipinski definition) is 8. The number of rotatable bonds is 15. The van der Waals surface area contributed by atoms with Crippen molar-refractivity contribution in [3.05, 3.63) is 59.7 Å². The molecule has 0 unspecified atom stereocenters. The van der Waals surface area contributed by atoms with Crippen LogP contribution in [0.3, 0.4) is 0 Å². The molecular formula is C37H54N2O8Si. The molecule has 0 spiro atoms. The minimum Gasteiger partial charge on any atom is -0.486 e. The van der Waals surface area contributed by atoms with Gasteiger partial charge in [0, 0.05) is 0 Å². The van der Waals surface area contributed by atoms with Gasteiger partial charge in [0.2, 0.25) is 14.7 Å². The number of para-hydroxylation sites is 1. The third kappa shape index (κ3) is 9.05. The second kappa shape index (κ2) is 17.6. The number of carbonyl (C=O) groups excluding carboxylic acids is 4. The summed E-state index contributed by atoms with van der Waals surface area (Å²) in [5.74, 6) is -2.40. The first-order chi connectivity index (χ1) is 22.8. The quantitative estimate of drug-likeness (QED) is 0.115. The number of esters is 2. The average Bonchev–Trinajstić information content (AvgIpc) is 3.06. The molecule has 48 heavy (non-hydrogen) atoms. The summed E-state index contributed by atoms with van der Waals surface area (Å²) in [4.78, 5) is 53.0. The molecule has 2 aromatic carbocycles. The molecule has 10 nitrogen and oxygen atoms in total. The van der Waals surface area contributed by atoms with Gasteiger partial charge in [0.25, 0.3) is 5.91 Å². The Kier molecular flexibility index (Phi) is 14.2. The molecule has 1 fully saturated rings. The molecule has 11 heteroatoms. The van der Waals surface area contributed by atoms with E-state index in [0.717, 1.165) is 18.4 Å². The molecule has 2 N–H and O–H groups in total. The lowest BCUT2D eigenvalue weighted by molar-refractivity contribution is -0.159. The molecule has 2 amide bonds. The molecule has 1 aliphatic heterocycles. The predicted octanol–water partition coefficient (Wildman–Crippen LogP) is 7.18. The summed E-state index contributed by atoms with van der Waals surface area (Å²) >= 11 is 0. The van der Waals surface area contributed by atoms with Gasteiger partial charge in [-0.2, -0.15) is 0 Å². The number of benzene rings is 2. The number of carbonyl (C=O) groups is 4. The van der Waals surface area contributed by atoms with E-state index in [9.17, 15) is 19.2 Å². The fourth-order valence-electron chi connectivity index (χ4n) is 7.02. The fourth-order valence-corrected chi connectivity index (χ4v) is 12.7. The van der Waals surface area contributed by atoms with Crippen LogP contribution in [0.5, 0.6) is 5.75 Å². The van der Waals surface area contributed by atoms with Gasteiger partial charge in [0.05, 0.1) is 23.3 Å². The maximum Gasteiger partial charge on any atom is 0.332 e. The van der Waals surface area contributed by atoms with E-state index in [0.29, 0.717) is 12.8 Å². The van der Waals surface area contributed by atoms with Crippen LogP contribution in [-0.4, -0.2) is 56.9 Å². The van der Waals surface area contributed by atoms with Crippen molar-refractivity contribution in [1.82, 2.24) is 5.32 Å². The zero-order valence-electron chi connectivity index (χ0n) is 29.9. The molecule has 0 radical (unpaired) electrons. The number of amides is 2. The number of unbranched alkanes of at least 4 members (excludes halogenated alkanes) is 1. The molecule has 264 valence electrons. The lowest BCUT2D eigenvalue weighted by Crippen LogP contribution is -2.55. The summed E-state index contributed by atoms with van der Waals surface area (Å²) in [5.41, 5.74) is 1.94. The molecule has 0 aromatic heterocycles. The minimum atomic E-state index is -2.51. The Morgan fingerprint density at radius 3 is 2.10 bits per heavy atom. The Hall–Kier alpha value is -3.70. The van der Waals surface area contributed by atoms with Crippen LogP contribution in [0, 0.1) is 5.92 Å². The number of nitrogens with one attached hydrogen (secondary N) is 2. The number of hydrogen-bond donors (Lipinski definition) is 2. The summed E-state index contributed by atoms with van der Waals surface area (Å²) in [6.07, 6.45) is 0.105. The topological polar surface area (TPSA) is 129 Å². The van der Waals surface area contributed by atoms with Crippen LogP contribution in [0.4, 0.5) is 5.69 Å². The van der Waals surface area contributed by atoms with Gasteiger partial charge in [-0.25, -0.2) is 4.79 Å². The average molecular weight is 683 g/mol. The zero-order chi connectivity index (χ0) is 35.6. The number of ether oxygens (including phenoxy) is 3. The van der Waals surface area contributed by atoms with E-state index in [4.69, 9.17) is 18.6 Å². The van der Waals surface area contributed by atoms with Crippen LogP contribution in [0.25, 0.3) is 0 Å². The van der Waals surface area contributed by atoms with Crippen LogP contribution >= 0.6 is 0 Å². The Balaban J connectivity index is 1.98. The summed E-state index contributed by atoms with van der Waals surface area (Å²) in [6.45, 7) is 18.5. The summed E-state index contributed by atoms with van der Waals surface area (Å²) in [5, 5.41) is 5.31. The van der Waals surface area contributed by atoms with E-state index in [-0.39, 0.29) is 40.2 Å². The van der Waals surface area contributed by atoms with Crippen molar-refractivity contribution in [1.29, 1.82) is 0 Å². The Morgan fingerprint density at radius 2 is 1.52 bits per heavy atom. The van der Waals surface area contributed by atoms with E-state index in [2.05, 4.69) is 59.1 Å². The van der Waals surface area contributed by atoms with E-state index < -0.39 is 56.4 Å². The van der Waals surface area contributed by atoms with Gasteiger partial charge >= 0.3 is 11.9 Å². The van der Waals surface area contributed by atoms with Gasteiger partial charge in [0.15, 0.2) is 11.8 Å². The van der Waals surface area contributed by atoms with Crippen molar-refractivity contribution in [3.63, 3.8) is 0 Å². The highest BCUT2D eigenvalue weighted by Gasteiger charge is 2.51. The lowest BCUT2D eigenvalue weighted by Gasteiger charge is -2.46. The smallest absolute Gasteiger partial charge is 0.332 e. The second-order valence-electron chi connectivity index (χ2n) is 13.6. The zero-order valence-corrected chi connectivity index (χ0v) is 30.9. The third-order valence-corrected chi connectivity index (χ3v) is 15.5. The van der Waals surface area contributed by atoms with Crippen molar-refractivity contribution in [2.75, 3.05) is 5.32 Å². The highest BCUT2D eigenvalue weighted by Crippen LogP contribution is 2.45. The standard InChI is InChI=1S/C37H54N2O8Si/c1-10-11-18-30-33(47-48(23(2)3,24(4)5)25(6)7)27(9)46-37(43)32(26(8)45-36(30)42)39-35(41)29-19-15-20-31(38-22-40)34(29)44-21-28-16-13-12-14-17-28/h12-17,19-20,22-27,30,32-33H,10-11,18,21H2,1-9H3,(H,38,40)(H,39,41)/t26-,27+,30-,32+,33+/m1/s1. The Bertz CT molecular complexity index is 1360. The Labute approximate surface area is 286 Å². The molecule has 0 aliphatic carbocycles. The van der Waals surface area contributed by atoms with E-state index >= 15 is 0 Å². The molecule has 1 aliphatic rings. The summed E-state index contributed by atoms with van der Waals surface area (Å²) in [7, 11) is -2.51. The fraction of sp³-hybridized carbons (Fsp3) is 0.568. The maximum atomic E-state index is 14.0. The van der Waals surface area contributed by atoms with E-state index in [1.165, 1.54) is 6.07 Å². The van der Waals surface area contributed by atoms with Crippen molar-refractivity contribution in [3.8, 4) is 5.75 Å². The van der Waals surface area contributed by atoms with Crippen LogP contribution in [0.1, 0.15) is 97.5 Å². The van der Waals surface area contributed by atoms with E-state index in [1.807, 2.05) is 30.3 Å². The first-order valence-electron chi connectivity index (χ1n) is 17.2. The van der Waals surface area contributed by atoms with Gasteiger partial charge in [-0.05, 0) is 54.6 Å². The summed E-state index contributed by atoms with van der Waals surface area (Å²) < 4.78 is 25.2. The van der Waals surface area contributed by atoms with Gasteiger partial charge in [-0.3, -0.25) is 14.4 Å². The van der Waals surface area contributed by atoms with Crippen LogP contribution in [-0.2, 0) is 34.9 Å². The molecular weight excluding hydrogens is 628 g/mol. The summed E-state index contributed by atoms with van der Waals surface area (Å²) in [6, 6.07) is 12.8. The first-order valence-corrected chi connectivity index (χ1v) is 19.3. The molecule has 1 heterocycles. The van der Waals surface area contributed by atoms with E-state index in [1.54, 1.807) is 26.0 Å². The van der Waals surface area contributed by atoms with Crippen molar-refractivity contribution >= 4 is 38.3 Å². The van der Waals surface area contributed by atoms with Crippen molar-refractivity contribution < 1.29 is 37.8 Å².